The number of hydrogen-bond acceptors (Lipinski definition) is 3. The summed E-state index contributed by atoms with van der Waals surface area (Å²) in [5.74, 6) is 0.693. The van der Waals surface area contributed by atoms with Crippen LogP contribution in [0.25, 0.3) is 0 Å². The fraction of sp³-hybridized carbons (Fsp3) is 0.875. The van der Waals surface area contributed by atoms with Gasteiger partial charge < -0.3 is 5.11 Å². The Morgan fingerprint density at radius 1 is 1.57 bits per heavy atom. The molecule has 14 heavy (non-hydrogen) atoms. The van der Waals surface area contributed by atoms with Gasteiger partial charge in [-0.1, -0.05) is 0 Å². The van der Waals surface area contributed by atoms with Crippen molar-refractivity contribution >= 4 is 11.8 Å². The summed E-state index contributed by atoms with van der Waals surface area (Å²) in [7, 11) is 0. The van der Waals surface area contributed by atoms with E-state index in [0.29, 0.717) is 12.2 Å². The van der Waals surface area contributed by atoms with Gasteiger partial charge in [-0.3, -0.25) is 0 Å². The van der Waals surface area contributed by atoms with Crippen LogP contribution in [-0.2, 0) is 0 Å². The lowest BCUT2D eigenvalue weighted by Crippen LogP contribution is -2.36. The number of hydrogen-bond donors (Lipinski definition) is 1. The SMILES string of the molecule is N#CC1(CC(O)C(F)(F)F)CCCS1. The van der Waals surface area contributed by atoms with Crippen LogP contribution in [0.1, 0.15) is 19.3 Å². The second-order valence-electron chi connectivity index (χ2n) is 3.32. The highest BCUT2D eigenvalue weighted by molar-refractivity contribution is 8.01. The molecule has 2 unspecified atom stereocenters. The highest BCUT2D eigenvalue weighted by atomic mass is 32.2. The van der Waals surface area contributed by atoms with Crippen LogP contribution in [0, 0.1) is 11.3 Å². The molecular weight excluding hydrogens is 215 g/mol. The minimum atomic E-state index is -4.62. The molecular formula is C8H10F3NOS. The number of alkyl halides is 3. The third-order valence-corrected chi connectivity index (χ3v) is 3.72. The lowest BCUT2D eigenvalue weighted by atomic mass is 9.97. The quantitative estimate of drug-likeness (QED) is 0.782. The summed E-state index contributed by atoms with van der Waals surface area (Å²) in [6, 6.07) is 1.88. The van der Waals surface area contributed by atoms with Crippen LogP contribution < -0.4 is 0 Å². The van der Waals surface area contributed by atoms with E-state index in [4.69, 9.17) is 10.4 Å². The number of aliphatic hydroxyl groups is 1. The van der Waals surface area contributed by atoms with E-state index in [2.05, 4.69) is 0 Å². The fourth-order valence-electron chi connectivity index (χ4n) is 1.42. The molecule has 80 valence electrons. The van der Waals surface area contributed by atoms with E-state index in [9.17, 15) is 13.2 Å². The van der Waals surface area contributed by atoms with Crippen molar-refractivity contribution < 1.29 is 18.3 Å². The first-order valence-electron chi connectivity index (χ1n) is 4.20. The smallest absolute Gasteiger partial charge is 0.384 e. The van der Waals surface area contributed by atoms with E-state index in [0.717, 1.165) is 6.42 Å². The summed E-state index contributed by atoms with van der Waals surface area (Å²) < 4.78 is 35.1. The minimum Gasteiger partial charge on any atom is -0.384 e. The van der Waals surface area contributed by atoms with Crippen LogP contribution >= 0.6 is 11.8 Å². The van der Waals surface area contributed by atoms with Gasteiger partial charge in [-0.15, -0.1) is 11.8 Å². The molecule has 0 radical (unpaired) electrons. The summed E-state index contributed by atoms with van der Waals surface area (Å²) in [5.41, 5.74) is 0. The molecule has 1 aliphatic rings. The molecule has 0 aliphatic carbocycles. The Morgan fingerprint density at radius 3 is 2.57 bits per heavy atom. The molecule has 1 aliphatic heterocycles. The molecule has 6 heteroatoms. The monoisotopic (exact) mass is 225 g/mol. The average molecular weight is 225 g/mol. The highest BCUT2D eigenvalue weighted by Crippen LogP contribution is 2.43. The maximum Gasteiger partial charge on any atom is 0.414 e. The van der Waals surface area contributed by atoms with Gasteiger partial charge in [-0.05, 0) is 18.6 Å². The summed E-state index contributed by atoms with van der Waals surface area (Å²) >= 11 is 1.21. The van der Waals surface area contributed by atoms with E-state index >= 15 is 0 Å². The maximum atomic E-state index is 12.0. The fourth-order valence-corrected chi connectivity index (χ4v) is 2.73. The van der Waals surface area contributed by atoms with E-state index in [1.807, 2.05) is 6.07 Å². The van der Waals surface area contributed by atoms with Crippen LogP contribution in [0.5, 0.6) is 0 Å². The minimum absolute atomic E-state index is 0.432. The first-order chi connectivity index (χ1) is 6.40. The van der Waals surface area contributed by atoms with E-state index in [1.54, 1.807) is 0 Å². The van der Waals surface area contributed by atoms with E-state index in [1.165, 1.54) is 11.8 Å². The van der Waals surface area contributed by atoms with Crippen LogP contribution in [0.2, 0.25) is 0 Å². The molecule has 0 aromatic rings. The van der Waals surface area contributed by atoms with Crippen molar-refractivity contribution in [2.75, 3.05) is 5.75 Å². The summed E-state index contributed by atoms with van der Waals surface area (Å²) in [5, 5.41) is 17.6. The highest BCUT2D eigenvalue weighted by Gasteiger charge is 2.46. The number of halogens is 3. The Bertz CT molecular complexity index is 242. The Morgan fingerprint density at radius 2 is 2.21 bits per heavy atom. The van der Waals surface area contributed by atoms with Gasteiger partial charge >= 0.3 is 6.18 Å². The average Bonchev–Trinajstić information content (AvgIpc) is 2.52. The molecule has 0 bridgehead atoms. The molecule has 1 N–H and O–H groups in total. The predicted molar refractivity (Wildman–Crippen MR) is 46.7 cm³/mol. The normalized spacial score (nSPS) is 29.9. The van der Waals surface area contributed by atoms with Crippen LogP contribution in [0.15, 0.2) is 0 Å². The van der Waals surface area contributed by atoms with Crippen molar-refractivity contribution in [2.45, 2.75) is 36.3 Å². The molecule has 0 amide bonds. The Hall–Kier alpha value is -0.410. The van der Waals surface area contributed by atoms with Crippen LogP contribution in [0.4, 0.5) is 13.2 Å². The number of thioether (sulfide) groups is 1. The molecule has 1 saturated heterocycles. The molecule has 0 spiro atoms. The second kappa shape index (κ2) is 3.99. The zero-order chi connectivity index (χ0) is 10.8. The second-order valence-corrected chi connectivity index (χ2v) is 4.80. The summed E-state index contributed by atoms with van der Waals surface area (Å²) in [4.78, 5) is 0. The Balaban J connectivity index is 2.62. The van der Waals surface area contributed by atoms with Gasteiger partial charge in [0.25, 0.3) is 0 Å². The zero-order valence-corrected chi connectivity index (χ0v) is 8.16. The van der Waals surface area contributed by atoms with Gasteiger partial charge in [0, 0.05) is 6.42 Å². The van der Waals surface area contributed by atoms with E-state index in [-0.39, 0.29) is 0 Å². The number of nitrogens with zero attached hydrogens (tertiary/aromatic N) is 1. The van der Waals surface area contributed by atoms with Crippen molar-refractivity contribution in [1.82, 2.24) is 0 Å². The van der Waals surface area contributed by atoms with Crippen molar-refractivity contribution in [3.63, 3.8) is 0 Å². The molecule has 0 aromatic carbocycles. The first-order valence-corrected chi connectivity index (χ1v) is 5.18. The number of aliphatic hydroxyl groups excluding tert-OH is 1. The van der Waals surface area contributed by atoms with Gasteiger partial charge in [0.15, 0.2) is 6.10 Å². The molecule has 2 atom stereocenters. The largest absolute Gasteiger partial charge is 0.414 e. The molecule has 1 rings (SSSR count). The Labute approximate surface area is 84.1 Å². The number of rotatable bonds is 2. The van der Waals surface area contributed by atoms with Gasteiger partial charge in [0.2, 0.25) is 0 Å². The summed E-state index contributed by atoms with van der Waals surface area (Å²) in [6.45, 7) is 0. The molecule has 1 heterocycles. The van der Waals surface area contributed by atoms with E-state index < -0.39 is 23.4 Å². The van der Waals surface area contributed by atoms with Gasteiger partial charge in [-0.2, -0.15) is 18.4 Å². The molecule has 1 fully saturated rings. The predicted octanol–water partition coefficient (Wildman–Crippen LogP) is 2.09. The standard InChI is InChI=1S/C8H10F3NOS/c9-8(10,11)6(13)4-7(5-12)2-1-3-14-7/h6,13H,1-4H2. The first kappa shape index (κ1) is 11.7. The lowest BCUT2D eigenvalue weighted by Gasteiger charge is -2.24. The van der Waals surface area contributed by atoms with Crippen molar-refractivity contribution in [1.29, 1.82) is 5.26 Å². The van der Waals surface area contributed by atoms with Crippen molar-refractivity contribution in [3.05, 3.63) is 0 Å². The molecule has 0 aromatic heterocycles. The van der Waals surface area contributed by atoms with Crippen molar-refractivity contribution in [3.8, 4) is 6.07 Å². The summed E-state index contributed by atoms with van der Waals surface area (Å²) in [6.07, 6.45) is -6.35. The number of nitriles is 1. The van der Waals surface area contributed by atoms with Crippen LogP contribution in [0.3, 0.4) is 0 Å². The molecule has 0 saturated carbocycles. The third kappa shape index (κ3) is 2.55. The Kier molecular flexibility index (Phi) is 3.32. The van der Waals surface area contributed by atoms with Gasteiger partial charge in [-0.25, -0.2) is 0 Å². The third-order valence-electron chi connectivity index (χ3n) is 2.21. The van der Waals surface area contributed by atoms with Crippen molar-refractivity contribution in [2.24, 2.45) is 0 Å². The lowest BCUT2D eigenvalue weighted by molar-refractivity contribution is -0.206. The molecule has 2 nitrogen and oxygen atoms in total. The van der Waals surface area contributed by atoms with Crippen LogP contribution in [-0.4, -0.2) is 27.9 Å². The van der Waals surface area contributed by atoms with Gasteiger partial charge in [0.05, 0.1) is 6.07 Å². The van der Waals surface area contributed by atoms with Gasteiger partial charge in [0.1, 0.15) is 4.75 Å². The zero-order valence-electron chi connectivity index (χ0n) is 7.34. The topological polar surface area (TPSA) is 44.0 Å². The maximum absolute atomic E-state index is 12.0.